The van der Waals surface area contributed by atoms with Crippen LogP contribution < -0.4 is 0 Å². The Hall–Kier alpha value is -0.330. The molecule has 1 heteroatoms. The molecule has 0 aliphatic carbocycles. The number of hydrogen-bond donors (Lipinski definition) is 0. The minimum atomic E-state index is 0.995. The van der Waals surface area contributed by atoms with Crippen LogP contribution in [0.3, 0.4) is 0 Å². The Balaban J connectivity index is 3.55. The van der Waals surface area contributed by atoms with Crippen LogP contribution >= 0.6 is 0 Å². The van der Waals surface area contributed by atoms with E-state index in [1.165, 1.54) is 148 Å². The van der Waals surface area contributed by atoms with Crippen molar-refractivity contribution in [2.75, 3.05) is 6.54 Å². The van der Waals surface area contributed by atoms with Crippen LogP contribution in [0.4, 0.5) is 0 Å². The zero-order valence-electron chi connectivity index (χ0n) is 21.6. The van der Waals surface area contributed by atoms with E-state index in [4.69, 9.17) is 0 Å². The van der Waals surface area contributed by atoms with Crippen LogP contribution in [0, 0.1) is 5.92 Å². The van der Waals surface area contributed by atoms with Gasteiger partial charge in [0.15, 0.2) is 0 Å². The summed E-state index contributed by atoms with van der Waals surface area (Å²) in [4.78, 5) is 4.65. The van der Waals surface area contributed by atoms with Gasteiger partial charge in [-0.1, -0.05) is 149 Å². The molecule has 0 aliphatic rings. The maximum Gasteiger partial charge on any atom is 0.0385 e. The van der Waals surface area contributed by atoms with Gasteiger partial charge in [0, 0.05) is 6.54 Å². The lowest BCUT2D eigenvalue weighted by Gasteiger charge is -2.16. The molecule has 0 saturated carbocycles. The molecule has 0 aliphatic heterocycles. The topological polar surface area (TPSA) is 12.4 Å². The Morgan fingerprint density at radius 3 is 1.47 bits per heavy atom. The van der Waals surface area contributed by atoms with Gasteiger partial charge in [0.05, 0.1) is 0 Å². The van der Waals surface area contributed by atoms with Crippen molar-refractivity contribution in [2.45, 2.75) is 168 Å². The first-order valence-electron chi connectivity index (χ1n) is 14.3. The molecule has 1 unspecified atom stereocenters. The van der Waals surface area contributed by atoms with Crippen molar-refractivity contribution in [1.82, 2.24) is 0 Å². The fourth-order valence-electron chi connectivity index (χ4n) is 4.50. The second-order valence-corrected chi connectivity index (χ2v) is 9.77. The van der Waals surface area contributed by atoms with Crippen molar-refractivity contribution < 1.29 is 0 Å². The second kappa shape index (κ2) is 26.7. The molecule has 0 bridgehead atoms. The molecular weight excluding hydrogens is 362 g/mol. The Bertz CT molecular complexity index is 322. The largest absolute Gasteiger partial charge is 0.298 e. The van der Waals surface area contributed by atoms with E-state index < -0.39 is 0 Å². The number of hydrogen-bond acceptors (Lipinski definition) is 1. The summed E-state index contributed by atoms with van der Waals surface area (Å²) in [6.07, 6.45) is 34.7. The maximum absolute atomic E-state index is 4.65. The molecule has 1 atom stereocenters. The zero-order chi connectivity index (χ0) is 22.0. The molecule has 0 radical (unpaired) electrons. The van der Waals surface area contributed by atoms with E-state index in [-0.39, 0.29) is 0 Å². The van der Waals surface area contributed by atoms with Gasteiger partial charge in [-0.25, -0.2) is 0 Å². The Morgan fingerprint density at radius 2 is 0.900 bits per heavy atom. The first kappa shape index (κ1) is 29.7. The van der Waals surface area contributed by atoms with Crippen molar-refractivity contribution >= 4 is 6.21 Å². The van der Waals surface area contributed by atoms with Gasteiger partial charge < -0.3 is 0 Å². The van der Waals surface area contributed by atoms with Gasteiger partial charge in [0.1, 0.15) is 0 Å². The molecule has 0 aromatic heterocycles. The standard InChI is InChI=1S/C29H59N/c1-4-7-10-12-14-16-18-22-27-30-28-23-19-21-26-29(24-9-6-3)25-20-17-15-13-11-8-5-2/h28-29H,4-27H2,1-3H3. The van der Waals surface area contributed by atoms with Crippen LogP contribution in [0.1, 0.15) is 168 Å². The van der Waals surface area contributed by atoms with E-state index in [0.29, 0.717) is 0 Å². The van der Waals surface area contributed by atoms with E-state index >= 15 is 0 Å². The molecule has 0 aromatic carbocycles. The van der Waals surface area contributed by atoms with E-state index in [2.05, 4.69) is 32.0 Å². The molecular formula is C29H59N. The summed E-state index contributed by atoms with van der Waals surface area (Å²) in [6.45, 7) is 8.00. The number of nitrogens with zero attached hydrogens (tertiary/aromatic N) is 1. The summed E-state index contributed by atoms with van der Waals surface area (Å²) in [5, 5.41) is 0. The van der Waals surface area contributed by atoms with Crippen molar-refractivity contribution in [3.63, 3.8) is 0 Å². The van der Waals surface area contributed by atoms with E-state index in [0.717, 1.165) is 12.5 Å². The van der Waals surface area contributed by atoms with E-state index in [1.54, 1.807) is 0 Å². The summed E-state index contributed by atoms with van der Waals surface area (Å²) >= 11 is 0. The highest BCUT2D eigenvalue weighted by Gasteiger charge is 2.08. The van der Waals surface area contributed by atoms with Crippen LogP contribution in [-0.2, 0) is 0 Å². The van der Waals surface area contributed by atoms with Crippen molar-refractivity contribution in [1.29, 1.82) is 0 Å². The SMILES string of the molecule is CCCCCCCCCCN=CCCCCC(CCCC)CCCCCCCCC. The lowest BCUT2D eigenvalue weighted by Crippen LogP contribution is -2.01. The molecule has 1 nitrogen and oxygen atoms in total. The average Bonchev–Trinajstić information content (AvgIpc) is 2.76. The summed E-state index contributed by atoms with van der Waals surface area (Å²) in [5.41, 5.74) is 0. The lowest BCUT2D eigenvalue weighted by molar-refractivity contribution is 0.375. The molecule has 0 aromatic rings. The summed E-state index contributed by atoms with van der Waals surface area (Å²) < 4.78 is 0. The number of unbranched alkanes of at least 4 members (excludes halogenated alkanes) is 16. The van der Waals surface area contributed by atoms with Gasteiger partial charge in [0.2, 0.25) is 0 Å². The van der Waals surface area contributed by atoms with Gasteiger partial charge in [0.25, 0.3) is 0 Å². The minimum absolute atomic E-state index is 0.995. The number of aliphatic imine (C=N–C) groups is 1. The third-order valence-electron chi connectivity index (χ3n) is 6.65. The predicted octanol–water partition coefficient (Wildman–Crippen LogP) is 10.7. The smallest absolute Gasteiger partial charge is 0.0385 e. The lowest BCUT2D eigenvalue weighted by atomic mass is 9.90. The normalized spacial score (nSPS) is 12.8. The van der Waals surface area contributed by atoms with Crippen LogP contribution in [-0.4, -0.2) is 12.8 Å². The Labute approximate surface area is 192 Å². The van der Waals surface area contributed by atoms with Crippen LogP contribution in [0.25, 0.3) is 0 Å². The van der Waals surface area contributed by atoms with E-state index in [9.17, 15) is 0 Å². The predicted molar refractivity (Wildman–Crippen MR) is 140 cm³/mol. The van der Waals surface area contributed by atoms with Gasteiger partial charge in [-0.3, -0.25) is 4.99 Å². The summed E-state index contributed by atoms with van der Waals surface area (Å²) in [6, 6.07) is 0. The number of rotatable bonds is 25. The first-order chi connectivity index (χ1) is 14.8. The fraction of sp³-hybridized carbons (Fsp3) is 0.966. The zero-order valence-corrected chi connectivity index (χ0v) is 21.6. The Kier molecular flexibility index (Phi) is 26.4. The molecule has 0 amide bonds. The highest BCUT2D eigenvalue weighted by atomic mass is 14.7. The van der Waals surface area contributed by atoms with E-state index in [1.807, 2.05) is 0 Å². The molecule has 30 heavy (non-hydrogen) atoms. The molecule has 0 N–H and O–H groups in total. The minimum Gasteiger partial charge on any atom is -0.298 e. The van der Waals surface area contributed by atoms with Crippen LogP contribution in [0.5, 0.6) is 0 Å². The van der Waals surface area contributed by atoms with Crippen LogP contribution in [0.15, 0.2) is 4.99 Å². The third-order valence-corrected chi connectivity index (χ3v) is 6.65. The summed E-state index contributed by atoms with van der Waals surface area (Å²) in [7, 11) is 0. The average molecular weight is 422 g/mol. The summed E-state index contributed by atoms with van der Waals surface area (Å²) in [5.74, 6) is 0.995. The van der Waals surface area contributed by atoms with Crippen LogP contribution in [0.2, 0.25) is 0 Å². The molecule has 0 fully saturated rings. The Morgan fingerprint density at radius 1 is 0.467 bits per heavy atom. The third kappa shape index (κ3) is 23.9. The highest BCUT2D eigenvalue weighted by molar-refractivity contribution is 5.56. The second-order valence-electron chi connectivity index (χ2n) is 9.77. The monoisotopic (exact) mass is 421 g/mol. The molecule has 180 valence electrons. The van der Waals surface area contributed by atoms with Crippen molar-refractivity contribution in [3.8, 4) is 0 Å². The molecule has 0 saturated heterocycles. The van der Waals surface area contributed by atoms with Gasteiger partial charge >= 0.3 is 0 Å². The molecule has 0 rings (SSSR count). The van der Waals surface area contributed by atoms with Crippen molar-refractivity contribution in [3.05, 3.63) is 0 Å². The first-order valence-corrected chi connectivity index (χ1v) is 14.3. The van der Waals surface area contributed by atoms with Gasteiger partial charge in [-0.2, -0.15) is 0 Å². The fourth-order valence-corrected chi connectivity index (χ4v) is 4.50. The molecule has 0 spiro atoms. The maximum atomic E-state index is 4.65. The van der Waals surface area contributed by atoms with Gasteiger partial charge in [-0.05, 0) is 31.4 Å². The molecule has 0 heterocycles. The van der Waals surface area contributed by atoms with Crippen molar-refractivity contribution in [2.24, 2.45) is 10.9 Å². The quantitative estimate of drug-likeness (QED) is 0.103. The highest BCUT2D eigenvalue weighted by Crippen LogP contribution is 2.23. The van der Waals surface area contributed by atoms with Gasteiger partial charge in [-0.15, -0.1) is 0 Å².